The minimum atomic E-state index is -0.442. The standard InChI is InChI=1S/C20H21N3O4/c1-2-18(24)13-5-9-16(10-6-13)26-12-17-11-23(20(25)27-17)15-7-3-14(4-8-15)19(21)22/h3-10,17H,2,11-12H2,1H3,(H3,21,22). The van der Waals surface area contributed by atoms with Crippen LogP contribution in [0.25, 0.3) is 0 Å². The molecule has 3 N–H and O–H groups in total. The smallest absolute Gasteiger partial charge is 0.414 e. The third-order valence-electron chi connectivity index (χ3n) is 4.30. The number of carbonyl (C=O) groups is 2. The SMILES string of the molecule is CCC(=O)c1ccc(OCC2CN(c3ccc(C(=N)N)cc3)C(=O)O2)cc1. The average molecular weight is 367 g/mol. The van der Waals surface area contributed by atoms with Gasteiger partial charge in [0.05, 0.1) is 6.54 Å². The first-order chi connectivity index (χ1) is 13.0. The van der Waals surface area contributed by atoms with Crippen molar-refractivity contribution in [1.29, 1.82) is 5.41 Å². The van der Waals surface area contributed by atoms with Crippen LogP contribution < -0.4 is 15.4 Å². The van der Waals surface area contributed by atoms with E-state index in [2.05, 4.69) is 0 Å². The van der Waals surface area contributed by atoms with Gasteiger partial charge in [-0.05, 0) is 48.5 Å². The highest BCUT2D eigenvalue weighted by Gasteiger charge is 2.32. The number of nitrogen functional groups attached to an aromatic ring is 1. The van der Waals surface area contributed by atoms with E-state index in [9.17, 15) is 9.59 Å². The van der Waals surface area contributed by atoms with Crippen molar-refractivity contribution in [1.82, 2.24) is 0 Å². The molecule has 1 unspecified atom stereocenters. The van der Waals surface area contributed by atoms with E-state index in [0.29, 0.717) is 35.5 Å². The van der Waals surface area contributed by atoms with Gasteiger partial charge in [0.1, 0.15) is 18.2 Å². The summed E-state index contributed by atoms with van der Waals surface area (Å²) in [4.78, 5) is 25.3. The second kappa shape index (κ2) is 7.90. The van der Waals surface area contributed by atoms with E-state index in [1.807, 2.05) is 6.92 Å². The second-order valence-electron chi connectivity index (χ2n) is 6.19. The number of hydrogen-bond donors (Lipinski definition) is 2. The van der Waals surface area contributed by atoms with Crippen LogP contribution in [0.3, 0.4) is 0 Å². The summed E-state index contributed by atoms with van der Waals surface area (Å²) in [7, 11) is 0. The molecule has 1 saturated heterocycles. The highest BCUT2D eigenvalue weighted by molar-refractivity contribution is 5.96. The van der Waals surface area contributed by atoms with Crippen molar-refractivity contribution in [3.8, 4) is 5.75 Å². The number of ether oxygens (including phenoxy) is 2. The Bertz CT molecular complexity index is 847. The van der Waals surface area contributed by atoms with Crippen LogP contribution in [-0.4, -0.2) is 37.0 Å². The van der Waals surface area contributed by atoms with Crippen molar-refractivity contribution in [2.24, 2.45) is 5.73 Å². The molecule has 1 aliphatic heterocycles. The quantitative estimate of drug-likeness (QED) is 0.445. The molecule has 7 nitrogen and oxygen atoms in total. The Balaban J connectivity index is 1.57. The molecule has 27 heavy (non-hydrogen) atoms. The van der Waals surface area contributed by atoms with Crippen molar-refractivity contribution >= 4 is 23.4 Å². The fraction of sp³-hybridized carbons (Fsp3) is 0.250. The van der Waals surface area contributed by atoms with E-state index in [1.54, 1.807) is 48.5 Å². The molecule has 0 aliphatic carbocycles. The van der Waals surface area contributed by atoms with Gasteiger partial charge in [-0.3, -0.25) is 15.1 Å². The van der Waals surface area contributed by atoms with Crippen molar-refractivity contribution in [3.63, 3.8) is 0 Å². The zero-order valence-electron chi connectivity index (χ0n) is 15.0. The van der Waals surface area contributed by atoms with Crippen molar-refractivity contribution in [3.05, 3.63) is 59.7 Å². The average Bonchev–Trinajstić information content (AvgIpc) is 3.07. The van der Waals surface area contributed by atoms with E-state index < -0.39 is 12.2 Å². The van der Waals surface area contributed by atoms with Gasteiger partial charge in [-0.15, -0.1) is 0 Å². The summed E-state index contributed by atoms with van der Waals surface area (Å²) in [5.74, 6) is 0.671. The van der Waals surface area contributed by atoms with Crippen molar-refractivity contribution in [2.75, 3.05) is 18.1 Å². The van der Waals surface area contributed by atoms with Crippen LogP contribution in [0.2, 0.25) is 0 Å². The molecule has 7 heteroatoms. The lowest BCUT2D eigenvalue weighted by Gasteiger charge is -2.13. The predicted octanol–water partition coefficient (Wildman–Crippen LogP) is 2.97. The molecule has 1 atom stereocenters. The van der Waals surface area contributed by atoms with Gasteiger partial charge in [-0.25, -0.2) is 4.79 Å². The highest BCUT2D eigenvalue weighted by Crippen LogP contribution is 2.23. The van der Waals surface area contributed by atoms with Crippen molar-refractivity contribution < 1.29 is 19.1 Å². The monoisotopic (exact) mass is 367 g/mol. The first-order valence-electron chi connectivity index (χ1n) is 8.66. The lowest BCUT2D eigenvalue weighted by atomic mass is 10.1. The molecule has 1 amide bonds. The number of nitrogens with one attached hydrogen (secondary N) is 1. The van der Waals surface area contributed by atoms with E-state index in [-0.39, 0.29) is 18.2 Å². The molecular weight excluding hydrogens is 346 g/mol. The zero-order chi connectivity index (χ0) is 19.4. The van der Waals surface area contributed by atoms with E-state index in [4.69, 9.17) is 20.6 Å². The summed E-state index contributed by atoms with van der Waals surface area (Å²) in [5.41, 5.74) is 7.36. The van der Waals surface area contributed by atoms with Gasteiger partial charge in [-0.1, -0.05) is 6.92 Å². The fourth-order valence-electron chi connectivity index (χ4n) is 2.77. The minimum Gasteiger partial charge on any atom is -0.490 e. The van der Waals surface area contributed by atoms with Crippen LogP contribution in [0.1, 0.15) is 29.3 Å². The first-order valence-corrected chi connectivity index (χ1v) is 8.66. The van der Waals surface area contributed by atoms with Crippen LogP contribution in [0.15, 0.2) is 48.5 Å². The van der Waals surface area contributed by atoms with Gasteiger partial charge in [-0.2, -0.15) is 0 Å². The summed E-state index contributed by atoms with van der Waals surface area (Å²) in [6.45, 7) is 2.40. The van der Waals surface area contributed by atoms with Gasteiger partial charge in [0.15, 0.2) is 11.9 Å². The lowest BCUT2D eigenvalue weighted by Crippen LogP contribution is -2.26. The molecule has 1 heterocycles. The molecule has 0 aromatic heterocycles. The molecule has 0 radical (unpaired) electrons. The molecule has 2 aromatic carbocycles. The van der Waals surface area contributed by atoms with Gasteiger partial charge >= 0.3 is 6.09 Å². The Morgan fingerprint density at radius 1 is 1.19 bits per heavy atom. The topological polar surface area (TPSA) is 106 Å². The van der Waals surface area contributed by atoms with E-state index in [0.717, 1.165) is 0 Å². The number of cyclic esters (lactones) is 1. The van der Waals surface area contributed by atoms with Crippen molar-refractivity contribution in [2.45, 2.75) is 19.4 Å². The molecular formula is C20H21N3O4. The molecule has 140 valence electrons. The summed E-state index contributed by atoms with van der Waals surface area (Å²) in [6.07, 6.45) is -0.383. The number of nitrogens with two attached hydrogens (primary N) is 1. The summed E-state index contributed by atoms with van der Waals surface area (Å²) in [5, 5.41) is 7.41. The molecule has 2 aromatic rings. The lowest BCUT2D eigenvalue weighted by molar-refractivity contribution is 0.0985. The number of hydrogen-bond acceptors (Lipinski definition) is 5. The third kappa shape index (κ3) is 4.25. The summed E-state index contributed by atoms with van der Waals surface area (Å²) < 4.78 is 11.0. The van der Waals surface area contributed by atoms with Crippen LogP contribution in [0, 0.1) is 5.41 Å². The van der Waals surface area contributed by atoms with Gasteiger partial charge in [0.2, 0.25) is 0 Å². The Labute approximate surface area is 157 Å². The van der Waals surface area contributed by atoms with Gasteiger partial charge in [0.25, 0.3) is 0 Å². The number of amides is 1. The fourth-order valence-corrected chi connectivity index (χ4v) is 2.77. The number of ketones is 1. The first kappa shape index (κ1) is 18.4. The number of rotatable bonds is 7. The number of benzene rings is 2. The minimum absolute atomic E-state index is 0.0246. The summed E-state index contributed by atoms with van der Waals surface area (Å²) in [6, 6.07) is 13.8. The maximum atomic E-state index is 12.1. The predicted molar refractivity (Wildman–Crippen MR) is 102 cm³/mol. The van der Waals surface area contributed by atoms with Crippen LogP contribution in [0.4, 0.5) is 10.5 Å². The highest BCUT2D eigenvalue weighted by atomic mass is 16.6. The molecule has 3 rings (SSSR count). The number of carbonyl (C=O) groups excluding carboxylic acids is 2. The number of Topliss-reactive ketones (excluding diaryl/α,β-unsaturated/α-hetero) is 1. The normalized spacial score (nSPS) is 16.1. The molecule has 0 bridgehead atoms. The molecule has 0 spiro atoms. The Hall–Kier alpha value is -3.35. The number of amidine groups is 1. The van der Waals surface area contributed by atoms with Crippen LogP contribution >= 0.6 is 0 Å². The third-order valence-corrected chi connectivity index (χ3v) is 4.30. The Morgan fingerprint density at radius 2 is 1.81 bits per heavy atom. The zero-order valence-corrected chi connectivity index (χ0v) is 15.0. The Morgan fingerprint density at radius 3 is 2.41 bits per heavy atom. The largest absolute Gasteiger partial charge is 0.490 e. The van der Waals surface area contributed by atoms with Crippen LogP contribution in [-0.2, 0) is 4.74 Å². The van der Waals surface area contributed by atoms with Gasteiger partial charge < -0.3 is 15.2 Å². The number of nitrogens with zero attached hydrogens (tertiary/aromatic N) is 1. The van der Waals surface area contributed by atoms with E-state index in [1.165, 1.54) is 4.90 Å². The van der Waals surface area contributed by atoms with Crippen LogP contribution in [0.5, 0.6) is 5.75 Å². The number of anilines is 1. The van der Waals surface area contributed by atoms with Gasteiger partial charge in [0, 0.05) is 23.2 Å². The maximum absolute atomic E-state index is 12.1. The molecule has 0 saturated carbocycles. The van der Waals surface area contributed by atoms with E-state index >= 15 is 0 Å². The second-order valence-corrected chi connectivity index (χ2v) is 6.19. The maximum Gasteiger partial charge on any atom is 0.414 e. The Kier molecular flexibility index (Phi) is 5.40. The summed E-state index contributed by atoms with van der Waals surface area (Å²) >= 11 is 0. The molecule has 1 fully saturated rings. The molecule has 1 aliphatic rings.